The molecule has 2 aromatic rings. The third-order valence-electron chi connectivity index (χ3n) is 3.16. The average Bonchev–Trinajstić information content (AvgIpc) is 3.16. The zero-order valence-corrected chi connectivity index (χ0v) is 10.9. The fourth-order valence-corrected chi connectivity index (χ4v) is 1.86. The van der Waals surface area contributed by atoms with Crippen molar-refractivity contribution in [2.24, 2.45) is 5.73 Å². The smallest absolute Gasteiger partial charge is 0.229 e. The highest BCUT2D eigenvalue weighted by atomic mass is 16.5. The van der Waals surface area contributed by atoms with Crippen molar-refractivity contribution < 1.29 is 9.26 Å². The van der Waals surface area contributed by atoms with Crippen LogP contribution < -0.4 is 10.5 Å². The Hall–Kier alpha value is -1.88. The number of nitrogens with two attached hydrogens (primary N) is 1. The third-order valence-corrected chi connectivity index (χ3v) is 3.16. The van der Waals surface area contributed by atoms with Crippen LogP contribution in [0, 0.1) is 0 Å². The van der Waals surface area contributed by atoms with Crippen molar-refractivity contribution in [3.63, 3.8) is 0 Å². The van der Waals surface area contributed by atoms with Crippen LogP contribution in [0.1, 0.15) is 49.0 Å². The highest BCUT2D eigenvalue weighted by Gasteiger charge is 2.29. The lowest BCUT2D eigenvalue weighted by Crippen LogP contribution is -2.05. The van der Waals surface area contributed by atoms with Crippen molar-refractivity contribution in [3.8, 4) is 5.75 Å². The van der Waals surface area contributed by atoms with Crippen LogP contribution in [0.4, 0.5) is 0 Å². The van der Waals surface area contributed by atoms with Gasteiger partial charge < -0.3 is 15.0 Å². The fraction of sp³-hybridized carbons (Fsp3) is 0.429. The molecule has 0 spiro atoms. The standard InChI is InChI=1S/C14H17N3O2/c1-9(15)11-3-2-4-12(7-11)18-8-13-16-14(19-17-13)10-5-6-10/h2-4,7,9-10H,5-6,8,15H2,1H3/t9-/m0/s1. The van der Waals surface area contributed by atoms with Crippen LogP contribution in [-0.2, 0) is 6.61 Å². The van der Waals surface area contributed by atoms with Crippen LogP contribution in [0.3, 0.4) is 0 Å². The SMILES string of the molecule is C[C@H](N)c1cccc(OCc2noc(C3CC3)n2)c1. The Morgan fingerprint density at radius 2 is 2.32 bits per heavy atom. The Kier molecular flexibility index (Phi) is 3.21. The highest BCUT2D eigenvalue weighted by molar-refractivity contribution is 5.30. The summed E-state index contributed by atoms with van der Waals surface area (Å²) in [7, 11) is 0. The third kappa shape index (κ3) is 2.93. The van der Waals surface area contributed by atoms with Crippen LogP contribution in [0.2, 0.25) is 0 Å². The molecule has 1 aliphatic rings. The molecule has 1 aromatic carbocycles. The molecule has 1 atom stereocenters. The normalized spacial score (nSPS) is 16.3. The van der Waals surface area contributed by atoms with Gasteiger partial charge >= 0.3 is 0 Å². The molecular formula is C14H17N3O2. The first-order valence-electron chi connectivity index (χ1n) is 6.53. The molecule has 0 radical (unpaired) electrons. The van der Waals surface area contributed by atoms with E-state index in [4.69, 9.17) is 15.0 Å². The Morgan fingerprint density at radius 3 is 3.05 bits per heavy atom. The van der Waals surface area contributed by atoms with E-state index in [0.29, 0.717) is 18.3 Å². The molecule has 2 N–H and O–H groups in total. The van der Waals surface area contributed by atoms with E-state index in [9.17, 15) is 0 Å². The Bertz CT molecular complexity index is 561. The minimum Gasteiger partial charge on any atom is -0.485 e. The molecule has 0 aliphatic heterocycles. The number of hydrogen-bond donors (Lipinski definition) is 1. The molecule has 19 heavy (non-hydrogen) atoms. The molecule has 0 saturated heterocycles. The largest absolute Gasteiger partial charge is 0.485 e. The van der Waals surface area contributed by atoms with Gasteiger partial charge in [0.1, 0.15) is 5.75 Å². The topological polar surface area (TPSA) is 74.2 Å². The van der Waals surface area contributed by atoms with Gasteiger partial charge in [0, 0.05) is 12.0 Å². The molecule has 0 bridgehead atoms. The molecular weight excluding hydrogens is 242 g/mol. The second-order valence-electron chi connectivity index (χ2n) is 4.97. The first kappa shape index (κ1) is 12.2. The van der Waals surface area contributed by atoms with E-state index >= 15 is 0 Å². The van der Waals surface area contributed by atoms with Gasteiger partial charge in [-0.25, -0.2) is 0 Å². The number of nitrogens with zero attached hydrogens (tertiary/aromatic N) is 2. The van der Waals surface area contributed by atoms with Crippen molar-refractivity contribution >= 4 is 0 Å². The number of aromatic nitrogens is 2. The van der Waals surface area contributed by atoms with E-state index in [1.807, 2.05) is 31.2 Å². The highest BCUT2D eigenvalue weighted by Crippen LogP contribution is 2.38. The average molecular weight is 259 g/mol. The summed E-state index contributed by atoms with van der Waals surface area (Å²) in [5.41, 5.74) is 6.88. The number of hydrogen-bond acceptors (Lipinski definition) is 5. The van der Waals surface area contributed by atoms with Gasteiger partial charge in [0.2, 0.25) is 11.7 Å². The van der Waals surface area contributed by atoms with Crippen molar-refractivity contribution in [1.82, 2.24) is 10.1 Å². The monoisotopic (exact) mass is 259 g/mol. The molecule has 1 heterocycles. The Balaban J connectivity index is 1.62. The Morgan fingerprint density at radius 1 is 1.47 bits per heavy atom. The van der Waals surface area contributed by atoms with Crippen molar-refractivity contribution in [2.75, 3.05) is 0 Å². The van der Waals surface area contributed by atoms with Gasteiger partial charge in [-0.05, 0) is 37.5 Å². The molecule has 1 aliphatic carbocycles. The van der Waals surface area contributed by atoms with Crippen LogP contribution in [0.15, 0.2) is 28.8 Å². The summed E-state index contributed by atoms with van der Waals surface area (Å²) in [5, 5.41) is 3.91. The summed E-state index contributed by atoms with van der Waals surface area (Å²) in [6, 6.07) is 7.74. The molecule has 1 aromatic heterocycles. The maximum Gasteiger partial charge on any atom is 0.229 e. The lowest BCUT2D eigenvalue weighted by atomic mass is 10.1. The van der Waals surface area contributed by atoms with Crippen LogP contribution >= 0.6 is 0 Å². The fourth-order valence-electron chi connectivity index (χ4n) is 1.86. The first-order valence-corrected chi connectivity index (χ1v) is 6.53. The zero-order valence-electron chi connectivity index (χ0n) is 10.9. The molecule has 100 valence electrons. The number of benzene rings is 1. The van der Waals surface area contributed by atoms with Gasteiger partial charge in [0.15, 0.2) is 6.61 Å². The minimum atomic E-state index is -0.00445. The Labute approximate surface area is 111 Å². The number of ether oxygens (including phenoxy) is 1. The van der Waals surface area contributed by atoms with Crippen LogP contribution in [-0.4, -0.2) is 10.1 Å². The van der Waals surface area contributed by atoms with E-state index in [-0.39, 0.29) is 6.04 Å². The summed E-state index contributed by atoms with van der Waals surface area (Å²) >= 11 is 0. The first-order chi connectivity index (χ1) is 9.22. The second kappa shape index (κ2) is 5.01. The van der Waals surface area contributed by atoms with Crippen molar-refractivity contribution in [3.05, 3.63) is 41.5 Å². The zero-order chi connectivity index (χ0) is 13.2. The lowest BCUT2D eigenvalue weighted by molar-refractivity contribution is 0.285. The van der Waals surface area contributed by atoms with E-state index in [1.165, 1.54) is 0 Å². The van der Waals surface area contributed by atoms with Crippen molar-refractivity contribution in [2.45, 2.75) is 38.3 Å². The van der Waals surface area contributed by atoms with E-state index in [2.05, 4.69) is 10.1 Å². The van der Waals surface area contributed by atoms with E-state index in [1.54, 1.807) is 0 Å². The maximum atomic E-state index is 5.84. The predicted molar refractivity (Wildman–Crippen MR) is 69.6 cm³/mol. The van der Waals surface area contributed by atoms with Gasteiger partial charge in [0.05, 0.1) is 0 Å². The summed E-state index contributed by atoms with van der Waals surface area (Å²) in [5.74, 6) is 2.58. The van der Waals surface area contributed by atoms with E-state index < -0.39 is 0 Å². The molecule has 3 rings (SSSR count). The van der Waals surface area contributed by atoms with Gasteiger partial charge in [-0.15, -0.1) is 0 Å². The lowest BCUT2D eigenvalue weighted by Gasteiger charge is -2.08. The minimum absolute atomic E-state index is 0.00445. The molecule has 0 unspecified atom stereocenters. The predicted octanol–water partition coefficient (Wildman–Crippen LogP) is 2.55. The van der Waals surface area contributed by atoms with E-state index in [0.717, 1.165) is 30.0 Å². The van der Waals surface area contributed by atoms with Crippen molar-refractivity contribution in [1.29, 1.82) is 0 Å². The van der Waals surface area contributed by atoms with Crippen LogP contribution in [0.25, 0.3) is 0 Å². The van der Waals surface area contributed by atoms with Gasteiger partial charge in [-0.3, -0.25) is 0 Å². The summed E-state index contributed by atoms with van der Waals surface area (Å²) < 4.78 is 10.8. The molecule has 5 nitrogen and oxygen atoms in total. The second-order valence-corrected chi connectivity index (χ2v) is 4.97. The van der Waals surface area contributed by atoms with Gasteiger partial charge in [0.25, 0.3) is 0 Å². The maximum absolute atomic E-state index is 5.84. The quantitative estimate of drug-likeness (QED) is 0.893. The van der Waals surface area contributed by atoms with Crippen LogP contribution in [0.5, 0.6) is 5.75 Å². The van der Waals surface area contributed by atoms with Gasteiger partial charge in [-0.2, -0.15) is 4.98 Å². The molecule has 5 heteroatoms. The summed E-state index contributed by atoms with van der Waals surface area (Å²) in [6.45, 7) is 2.26. The van der Waals surface area contributed by atoms with Gasteiger partial charge in [-0.1, -0.05) is 17.3 Å². The molecule has 1 fully saturated rings. The summed E-state index contributed by atoms with van der Waals surface area (Å²) in [4.78, 5) is 4.32. The molecule has 1 saturated carbocycles. The number of rotatable bonds is 5. The summed E-state index contributed by atoms with van der Waals surface area (Å²) in [6.07, 6.45) is 2.30. The molecule has 0 amide bonds.